The Morgan fingerprint density at radius 3 is 2.63 bits per heavy atom. The van der Waals surface area contributed by atoms with Crippen molar-refractivity contribution in [2.75, 3.05) is 24.1 Å². The highest BCUT2D eigenvalue weighted by Gasteiger charge is 2.11. The number of nitrogens with one attached hydrogen (secondary N) is 2. The molecule has 1 rings (SSSR count). The zero-order valence-electron chi connectivity index (χ0n) is 11.2. The van der Waals surface area contributed by atoms with Gasteiger partial charge in [0.2, 0.25) is 10.0 Å². The number of rotatable bonds is 7. The van der Waals surface area contributed by atoms with E-state index >= 15 is 0 Å². The summed E-state index contributed by atoms with van der Waals surface area (Å²) in [5, 5.41) is 3.49. The van der Waals surface area contributed by atoms with Crippen molar-refractivity contribution in [3.8, 4) is 5.75 Å². The molecule has 7 heteroatoms. The monoisotopic (exact) mass is 306 g/mol. The molecular weight excluding hydrogens is 288 g/mol. The lowest BCUT2D eigenvalue weighted by atomic mass is 10.3. The molecule has 2 N–H and O–H groups in total. The average Bonchev–Trinajstić information content (AvgIpc) is 2.30. The minimum absolute atomic E-state index is 0.0100. The molecule has 0 atom stereocenters. The maximum absolute atomic E-state index is 11.8. The van der Waals surface area contributed by atoms with Gasteiger partial charge < -0.3 is 10.1 Å². The van der Waals surface area contributed by atoms with Crippen molar-refractivity contribution in [2.45, 2.75) is 19.9 Å². The van der Waals surface area contributed by atoms with Gasteiger partial charge in [-0.2, -0.15) is 0 Å². The smallest absolute Gasteiger partial charge is 0.233 e. The Bertz CT molecular complexity index is 518. The first-order valence-corrected chi connectivity index (χ1v) is 7.94. The fraction of sp³-hybridized carbons (Fsp3) is 0.500. The van der Waals surface area contributed by atoms with Gasteiger partial charge in [-0.05, 0) is 12.1 Å². The van der Waals surface area contributed by atoms with Gasteiger partial charge in [0.05, 0.1) is 23.6 Å². The third kappa shape index (κ3) is 5.67. The Balaban J connectivity index is 2.67. The fourth-order valence-electron chi connectivity index (χ4n) is 1.44. The molecule has 0 fully saturated rings. The number of ether oxygens (including phenoxy) is 1. The summed E-state index contributed by atoms with van der Waals surface area (Å²) in [6.07, 6.45) is 0. The second kappa shape index (κ2) is 6.98. The van der Waals surface area contributed by atoms with E-state index in [0.29, 0.717) is 23.0 Å². The molecule has 0 unspecified atom stereocenters. The molecule has 108 valence electrons. The van der Waals surface area contributed by atoms with E-state index in [2.05, 4.69) is 10.0 Å². The number of sulfonamides is 1. The highest BCUT2D eigenvalue weighted by Crippen LogP contribution is 2.27. The van der Waals surface area contributed by atoms with Crippen molar-refractivity contribution >= 4 is 27.3 Å². The van der Waals surface area contributed by atoms with Crippen LogP contribution in [0.15, 0.2) is 18.2 Å². The van der Waals surface area contributed by atoms with Crippen LogP contribution in [-0.4, -0.2) is 33.9 Å². The molecule has 0 heterocycles. The summed E-state index contributed by atoms with van der Waals surface area (Å²) in [5.41, 5.74) is 0.436. The number of anilines is 1. The first kappa shape index (κ1) is 16.1. The minimum atomic E-state index is -3.38. The van der Waals surface area contributed by atoms with E-state index in [4.69, 9.17) is 16.3 Å². The first-order valence-electron chi connectivity index (χ1n) is 5.91. The number of hydrogen-bond donors (Lipinski definition) is 2. The topological polar surface area (TPSA) is 67.4 Å². The lowest BCUT2D eigenvalue weighted by molar-refractivity contribution is 0.415. The predicted octanol–water partition coefficient (Wildman–Crippen LogP) is 2.09. The Labute approximate surface area is 119 Å². The standard InChI is InChI=1S/C12H19ClN2O3S/c1-9(2)14-6-7-19(16,17)15-10-4-5-11(13)12(8-10)18-3/h4-5,8-9,14-15H,6-7H2,1-3H3. The third-order valence-electron chi connectivity index (χ3n) is 2.35. The van der Waals surface area contributed by atoms with Gasteiger partial charge in [0.1, 0.15) is 5.75 Å². The van der Waals surface area contributed by atoms with E-state index in [0.717, 1.165) is 0 Å². The van der Waals surface area contributed by atoms with E-state index < -0.39 is 10.0 Å². The summed E-state index contributed by atoms with van der Waals surface area (Å²) in [6, 6.07) is 4.99. The van der Waals surface area contributed by atoms with Crippen molar-refractivity contribution in [2.24, 2.45) is 0 Å². The Hall–Kier alpha value is -0.980. The van der Waals surface area contributed by atoms with E-state index in [-0.39, 0.29) is 11.8 Å². The molecule has 0 bridgehead atoms. The van der Waals surface area contributed by atoms with Gasteiger partial charge in [-0.3, -0.25) is 4.72 Å². The van der Waals surface area contributed by atoms with Gasteiger partial charge in [-0.25, -0.2) is 8.42 Å². The van der Waals surface area contributed by atoms with E-state index in [9.17, 15) is 8.42 Å². The summed E-state index contributed by atoms with van der Waals surface area (Å²) in [7, 11) is -1.90. The lowest BCUT2D eigenvalue weighted by Crippen LogP contribution is -2.30. The zero-order valence-corrected chi connectivity index (χ0v) is 12.8. The van der Waals surface area contributed by atoms with Crippen LogP contribution in [-0.2, 0) is 10.0 Å². The van der Waals surface area contributed by atoms with Gasteiger partial charge in [-0.1, -0.05) is 25.4 Å². The summed E-state index contributed by atoms with van der Waals surface area (Å²) < 4.78 is 31.2. The van der Waals surface area contributed by atoms with Crippen LogP contribution in [0, 0.1) is 0 Å². The Morgan fingerprint density at radius 2 is 2.05 bits per heavy atom. The molecule has 5 nitrogen and oxygen atoms in total. The van der Waals surface area contributed by atoms with Crippen LogP contribution in [0.5, 0.6) is 5.75 Å². The van der Waals surface area contributed by atoms with Gasteiger partial charge in [-0.15, -0.1) is 0 Å². The number of halogens is 1. The fourth-order valence-corrected chi connectivity index (χ4v) is 2.61. The molecule has 19 heavy (non-hydrogen) atoms. The van der Waals surface area contributed by atoms with Crippen LogP contribution in [0.4, 0.5) is 5.69 Å². The van der Waals surface area contributed by atoms with Crippen LogP contribution < -0.4 is 14.8 Å². The van der Waals surface area contributed by atoms with Crippen molar-refractivity contribution in [3.05, 3.63) is 23.2 Å². The lowest BCUT2D eigenvalue weighted by Gasteiger charge is -2.11. The van der Waals surface area contributed by atoms with Crippen molar-refractivity contribution in [1.82, 2.24) is 5.32 Å². The number of methoxy groups -OCH3 is 1. The highest BCUT2D eigenvalue weighted by molar-refractivity contribution is 7.92. The van der Waals surface area contributed by atoms with Gasteiger partial charge in [0.15, 0.2) is 0 Å². The predicted molar refractivity (Wildman–Crippen MR) is 78.6 cm³/mol. The molecule has 0 saturated heterocycles. The molecule has 1 aromatic rings. The molecule has 0 aliphatic heterocycles. The molecule has 1 aromatic carbocycles. The molecule has 0 aromatic heterocycles. The maximum Gasteiger partial charge on any atom is 0.233 e. The summed E-state index contributed by atoms with van der Waals surface area (Å²) in [4.78, 5) is 0. The SMILES string of the molecule is COc1cc(NS(=O)(=O)CCNC(C)C)ccc1Cl. The molecule has 0 aliphatic carbocycles. The molecule has 0 aliphatic rings. The molecular formula is C12H19ClN2O3S. The molecule has 0 radical (unpaired) electrons. The third-order valence-corrected chi connectivity index (χ3v) is 3.95. The average molecular weight is 307 g/mol. The van der Waals surface area contributed by atoms with Crippen LogP contribution in [0.25, 0.3) is 0 Å². The number of hydrogen-bond acceptors (Lipinski definition) is 4. The van der Waals surface area contributed by atoms with Crippen molar-refractivity contribution in [3.63, 3.8) is 0 Å². The van der Waals surface area contributed by atoms with E-state index in [1.807, 2.05) is 13.8 Å². The van der Waals surface area contributed by atoms with E-state index in [1.54, 1.807) is 18.2 Å². The van der Waals surface area contributed by atoms with Crippen molar-refractivity contribution < 1.29 is 13.2 Å². The maximum atomic E-state index is 11.8. The van der Waals surface area contributed by atoms with E-state index in [1.165, 1.54) is 7.11 Å². The van der Waals surface area contributed by atoms with Crippen molar-refractivity contribution in [1.29, 1.82) is 0 Å². The second-order valence-corrected chi connectivity index (χ2v) is 6.63. The summed E-state index contributed by atoms with van der Waals surface area (Å²) in [5.74, 6) is 0.443. The Morgan fingerprint density at radius 1 is 1.37 bits per heavy atom. The molecule has 0 saturated carbocycles. The van der Waals surface area contributed by atoms with Crippen LogP contribution in [0.2, 0.25) is 5.02 Å². The quantitative estimate of drug-likeness (QED) is 0.809. The normalized spacial score (nSPS) is 11.6. The Kier molecular flexibility index (Phi) is 5.90. The van der Waals surface area contributed by atoms with Crippen LogP contribution in [0.3, 0.4) is 0 Å². The second-order valence-electron chi connectivity index (χ2n) is 4.38. The zero-order chi connectivity index (χ0) is 14.5. The molecule has 0 amide bonds. The largest absolute Gasteiger partial charge is 0.495 e. The minimum Gasteiger partial charge on any atom is -0.495 e. The first-order chi connectivity index (χ1) is 8.84. The van der Waals surface area contributed by atoms with Gasteiger partial charge in [0.25, 0.3) is 0 Å². The van der Waals surface area contributed by atoms with Crippen LogP contribution in [0.1, 0.15) is 13.8 Å². The van der Waals surface area contributed by atoms with Crippen LogP contribution >= 0.6 is 11.6 Å². The summed E-state index contributed by atoms with van der Waals surface area (Å²) >= 11 is 5.87. The molecule has 0 spiro atoms. The van der Waals surface area contributed by atoms with Gasteiger partial charge >= 0.3 is 0 Å². The highest BCUT2D eigenvalue weighted by atomic mass is 35.5. The number of benzene rings is 1. The summed E-state index contributed by atoms with van der Waals surface area (Å²) in [6.45, 7) is 4.33. The van der Waals surface area contributed by atoms with Gasteiger partial charge in [0, 0.05) is 18.7 Å².